The van der Waals surface area contributed by atoms with Crippen molar-refractivity contribution in [3.8, 4) is 28.5 Å². The number of benzene rings is 1. The second-order valence-electron chi connectivity index (χ2n) is 10.7. The second-order valence-corrected chi connectivity index (χ2v) is 10.7. The van der Waals surface area contributed by atoms with Crippen molar-refractivity contribution in [1.82, 2.24) is 14.3 Å². The van der Waals surface area contributed by atoms with Gasteiger partial charge in [-0.15, -0.1) is 0 Å². The van der Waals surface area contributed by atoms with Crippen molar-refractivity contribution in [3.63, 3.8) is 0 Å². The van der Waals surface area contributed by atoms with Crippen molar-refractivity contribution in [3.05, 3.63) is 42.2 Å². The van der Waals surface area contributed by atoms with Crippen LogP contribution in [0.5, 0.6) is 17.2 Å². The third-order valence-electron chi connectivity index (χ3n) is 7.86. The Balaban J connectivity index is 1.17. The molecule has 9 nitrogen and oxygen atoms in total. The molecule has 3 aromatic rings. The van der Waals surface area contributed by atoms with Crippen LogP contribution in [-0.2, 0) is 9.47 Å². The van der Waals surface area contributed by atoms with E-state index in [0.717, 1.165) is 39.0 Å². The number of fused-ring (bicyclic) bond motifs is 1. The SMILES string of the molecule is COc1cc(-c2cnc3cc(OCCCN4CCOCC45COC5)ccn23)cc(OC(F)F)c1C(=O)CC1CC1. The van der Waals surface area contributed by atoms with Gasteiger partial charge in [-0.25, -0.2) is 4.98 Å². The number of imidazole rings is 1. The minimum absolute atomic E-state index is 0.0228. The van der Waals surface area contributed by atoms with Crippen LogP contribution >= 0.6 is 0 Å². The van der Waals surface area contributed by atoms with Crippen LogP contribution in [0.15, 0.2) is 36.7 Å². The van der Waals surface area contributed by atoms with Crippen LogP contribution in [0.4, 0.5) is 8.78 Å². The predicted octanol–water partition coefficient (Wildman–Crippen LogP) is 4.46. The molecule has 4 heterocycles. The first-order chi connectivity index (χ1) is 19.5. The second kappa shape index (κ2) is 11.3. The summed E-state index contributed by atoms with van der Waals surface area (Å²) in [6.07, 6.45) is 6.55. The molecule has 1 spiro atoms. The average molecular weight is 558 g/mol. The molecule has 40 heavy (non-hydrogen) atoms. The first-order valence-electron chi connectivity index (χ1n) is 13.7. The highest BCUT2D eigenvalue weighted by atomic mass is 19.3. The maximum Gasteiger partial charge on any atom is 0.387 e. The minimum Gasteiger partial charge on any atom is -0.496 e. The van der Waals surface area contributed by atoms with Gasteiger partial charge < -0.3 is 23.7 Å². The largest absolute Gasteiger partial charge is 0.496 e. The number of pyridine rings is 1. The number of methoxy groups -OCH3 is 1. The Kier molecular flexibility index (Phi) is 7.61. The van der Waals surface area contributed by atoms with Gasteiger partial charge in [0.1, 0.15) is 28.5 Å². The summed E-state index contributed by atoms with van der Waals surface area (Å²) >= 11 is 0. The van der Waals surface area contributed by atoms with Crippen molar-refractivity contribution < 1.29 is 37.3 Å². The quantitative estimate of drug-likeness (QED) is 0.238. The molecule has 2 aliphatic heterocycles. The number of nitrogens with zero attached hydrogens (tertiary/aromatic N) is 3. The first-order valence-corrected chi connectivity index (χ1v) is 13.7. The molecule has 1 aliphatic carbocycles. The van der Waals surface area contributed by atoms with E-state index in [1.165, 1.54) is 13.2 Å². The van der Waals surface area contributed by atoms with Crippen molar-refractivity contribution >= 4 is 11.4 Å². The van der Waals surface area contributed by atoms with Gasteiger partial charge >= 0.3 is 6.61 Å². The van der Waals surface area contributed by atoms with Gasteiger partial charge in [0.15, 0.2) is 5.78 Å². The van der Waals surface area contributed by atoms with E-state index in [4.69, 9.17) is 23.7 Å². The maximum atomic E-state index is 13.3. The molecule has 214 valence electrons. The number of carbonyl (C=O) groups excluding carboxylic acids is 1. The zero-order valence-electron chi connectivity index (χ0n) is 22.4. The fraction of sp³-hybridized carbons (Fsp3) is 0.517. The highest BCUT2D eigenvalue weighted by Gasteiger charge is 2.46. The molecule has 0 bridgehead atoms. The lowest BCUT2D eigenvalue weighted by atomic mass is 9.94. The van der Waals surface area contributed by atoms with Crippen LogP contribution in [0.2, 0.25) is 0 Å². The lowest BCUT2D eigenvalue weighted by molar-refractivity contribution is -0.197. The number of hydrogen-bond acceptors (Lipinski definition) is 8. The van der Waals surface area contributed by atoms with Gasteiger partial charge in [-0.1, -0.05) is 0 Å². The van der Waals surface area contributed by atoms with E-state index >= 15 is 0 Å². The topological polar surface area (TPSA) is 83.8 Å². The molecular weight excluding hydrogens is 524 g/mol. The predicted molar refractivity (Wildman–Crippen MR) is 142 cm³/mol. The molecule has 3 fully saturated rings. The van der Waals surface area contributed by atoms with Crippen LogP contribution in [0.25, 0.3) is 16.9 Å². The Labute approximate surface area is 230 Å². The maximum absolute atomic E-state index is 13.3. The molecular formula is C29H33F2N3O6. The first kappa shape index (κ1) is 26.9. The third kappa shape index (κ3) is 5.50. The molecule has 0 atom stereocenters. The smallest absolute Gasteiger partial charge is 0.387 e. The molecule has 3 aliphatic rings. The van der Waals surface area contributed by atoms with Crippen LogP contribution in [0, 0.1) is 5.92 Å². The Morgan fingerprint density at radius 2 is 1.98 bits per heavy atom. The summed E-state index contributed by atoms with van der Waals surface area (Å²) in [6.45, 7) is 2.17. The molecule has 6 rings (SSSR count). The van der Waals surface area contributed by atoms with Crippen LogP contribution < -0.4 is 14.2 Å². The molecule has 0 unspecified atom stereocenters. The lowest BCUT2D eigenvalue weighted by Crippen LogP contribution is -2.68. The lowest BCUT2D eigenvalue weighted by Gasteiger charge is -2.52. The monoisotopic (exact) mass is 557 g/mol. The Morgan fingerprint density at radius 3 is 2.70 bits per heavy atom. The van der Waals surface area contributed by atoms with Crippen LogP contribution in [0.1, 0.15) is 36.0 Å². The van der Waals surface area contributed by atoms with E-state index in [1.54, 1.807) is 12.3 Å². The molecule has 0 N–H and O–H groups in total. The standard InChI is InChI=1S/C29H33F2N3O6/c1-36-24-12-20(13-25(40-28(30)31)27(24)23(35)11-19-3-4-19)22-15-32-26-14-21(5-7-34(22)26)39-9-2-6-33-8-10-37-16-29(33)17-38-18-29/h5,7,12-15,19,28H,2-4,6,8-11,16-18H2,1H3. The van der Waals surface area contributed by atoms with E-state index in [0.29, 0.717) is 55.0 Å². The van der Waals surface area contributed by atoms with Crippen molar-refractivity contribution in [2.24, 2.45) is 5.92 Å². The number of Topliss-reactive ketones (excluding diaryl/α,β-unsaturated/α-hetero) is 1. The van der Waals surface area contributed by atoms with Gasteiger partial charge in [-0.3, -0.25) is 14.1 Å². The molecule has 1 aromatic carbocycles. The summed E-state index contributed by atoms with van der Waals surface area (Å²) in [6, 6.07) is 6.79. The number of rotatable bonds is 12. The number of ether oxygens (including phenoxy) is 5. The number of halogens is 2. The van der Waals surface area contributed by atoms with Crippen molar-refractivity contribution in [2.75, 3.05) is 53.2 Å². The molecule has 1 saturated carbocycles. The van der Waals surface area contributed by atoms with Gasteiger partial charge in [0, 0.05) is 37.3 Å². The third-order valence-corrected chi connectivity index (χ3v) is 7.86. The van der Waals surface area contributed by atoms with Gasteiger partial charge in [0.05, 0.1) is 57.6 Å². The van der Waals surface area contributed by atoms with Crippen LogP contribution in [0.3, 0.4) is 0 Å². The molecule has 11 heteroatoms. The number of carbonyl (C=O) groups is 1. The van der Waals surface area contributed by atoms with E-state index in [-0.39, 0.29) is 34.8 Å². The Morgan fingerprint density at radius 1 is 1.18 bits per heavy atom. The number of aromatic nitrogens is 2. The Hall–Kier alpha value is -3.28. The van der Waals surface area contributed by atoms with Gasteiger partial charge in [-0.2, -0.15) is 8.78 Å². The number of morpholine rings is 1. The number of hydrogen-bond donors (Lipinski definition) is 0. The molecule has 0 radical (unpaired) electrons. The van der Waals surface area contributed by atoms with E-state index in [2.05, 4.69) is 9.88 Å². The average Bonchev–Trinajstić information content (AvgIpc) is 3.64. The highest BCUT2D eigenvalue weighted by molar-refractivity contribution is 6.02. The van der Waals surface area contributed by atoms with Crippen molar-refractivity contribution in [2.45, 2.75) is 37.8 Å². The molecule has 2 saturated heterocycles. The van der Waals surface area contributed by atoms with Crippen LogP contribution in [-0.4, -0.2) is 85.5 Å². The minimum atomic E-state index is -3.08. The summed E-state index contributed by atoms with van der Waals surface area (Å²) in [7, 11) is 1.41. The summed E-state index contributed by atoms with van der Waals surface area (Å²) in [5.74, 6) is 0.726. The fourth-order valence-corrected chi connectivity index (χ4v) is 5.48. The molecule has 0 amide bonds. The van der Waals surface area contributed by atoms with E-state index in [9.17, 15) is 13.6 Å². The van der Waals surface area contributed by atoms with Crippen molar-refractivity contribution in [1.29, 1.82) is 0 Å². The summed E-state index contributed by atoms with van der Waals surface area (Å²) in [5.41, 5.74) is 1.89. The molecule has 2 aromatic heterocycles. The Bertz CT molecular complexity index is 1370. The van der Waals surface area contributed by atoms with E-state index < -0.39 is 6.61 Å². The summed E-state index contributed by atoms with van der Waals surface area (Å²) in [5, 5.41) is 0. The fourth-order valence-electron chi connectivity index (χ4n) is 5.48. The number of alkyl halides is 2. The van der Waals surface area contributed by atoms with Gasteiger partial charge in [-0.05, 0) is 43.4 Å². The number of ketones is 1. The highest BCUT2D eigenvalue weighted by Crippen LogP contribution is 2.40. The van der Waals surface area contributed by atoms with E-state index in [1.807, 2.05) is 22.7 Å². The van der Waals surface area contributed by atoms with Gasteiger partial charge in [0.2, 0.25) is 0 Å². The zero-order chi connectivity index (χ0) is 27.7. The normalized spacial score (nSPS) is 18.7. The zero-order valence-corrected chi connectivity index (χ0v) is 22.4. The summed E-state index contributed by atoms with van der Waals surface area (Å²) < 4.78 is 55.8. The van der Waals surface area contributed by atoms with Gasteiger partial charge in [0.25, 0.3) is 0 Å². The summed E-state index contributed by atoms with van der Waals surface area (Å²) in [4.78, 5) is 19.9.